The Morgan fingerprint density at radius 3 is 1.73 bits per heavy atom. The molecule has 3 saturated carbocycles. The molecule has 0 bridgehead atoms. The Labute approximate surface area is 161 Å². The van der Waals surface area contributed by atoms with E-state index in [2.05, 4.69) is 30.4 Å². The van der Waals surface area contributed by atoms with Crippen LogP contribution < -0.4 is 0 Å². The molecular weight excluding hydrogens is 312 g/mol. The smallest absolute Gasteiger partial charge is 0.0159 e. The lowest BCUT2D eigenvalue weighted by Gasteiger charge is -2.30. The lowest BCUT2D eigenvalue weighted by Crippen LogP contribution is -2.12. The fourth-order valence-corrected chi connectivity index (χ4v) is 5.82. The van der Waals surface area contributed by atoms with Gasteiger partial charge in [-0.1, -0.05) is 88.1 Å². The summed E-state index contributed by atoms with van der Waals surface area (Å²) in [6.45, 7) is 0. The second kappa shape index (κ2) is 9.25. The van der Waals surface area contributed by atoms with Gasteiger partial charge in [0.1, 0.15) is 0 Å². The van der Waals surface area contributed by atoms with Crippen molar-refractivity contribution in [2.45, 2.75) is 108 Å². The molecule has 3 fully saturated rings. The highest BCUT2D eigenvalue weighted by molar-refractivity contribution is 5.53. The Balaban J connectivity index is 1.56. The zero-order valence-electron chi connectivity index (χ0n) is 16.7. The van der Waals surface area contributed by atoms with Gasteiger partial charge in [0.2, 0.25) is 0 Å². The Morgan fingerprint density at radius 2 is 1.12 bits per heavy atom. The van der Waals surface area contributed by atoms with Gasteiger partial charge in [0, 0.05) is 0 Å². The van der Waals surface area contributed by atoms with E-state index >= 15 is 0 Å². The van der Waals surface area contributed by atoms with Crippen LogP contribution in [0.15, 0.2) is 24.3 Å². The summed E-state index contributed by atoms with van der Waals surface area (Å²) in [6, 6.07) is 7.55. The first-order chi connectivity index (χ1) is 12.9. The molecule has 0 N–H and O–H groups in total. The van der Waals surface area contributed by atoms with Crippen molar-refractivity contribution < 1.29 is 0 Å². The van der Waals surface area contributed by atoms with Gasteiger partial charge in [0.05, 0.1) is 0 Å². The molecule has 0 heteroatoms. The van der Waals surface area contributed by atoms with E-state index < -0.39 is 0 Å². The standard InChI is InChI=1S/C26H38/c1-4-10-21(11-5-1)16-17-22-18-19-25(23-12-6-2-7-13-23)26(20-22)24-14-8-3-9-15-24/h16-21,23-24H,1-15H2. The summed E-state index contributed by atoms with van der Waals surface area (Å²) < 4.78 is 0. The van der Waals surface area contributed by atoms with Crippen molar-refractivity contribution in [1.82, 2.24) is 0 Å². The summed E-state index contributed by atoms with van der Waals surface area (Å²) >= 11 is 0. The number of hydrogen-bond acceptors (Lipinski definition) is 0. The van der Waals surface area contributed by atoms with Crippen molar-refractivity contribution in [3.8, 4) is 0 Å². The van der Waals surface area contributed by atoms with Crippen molar-refractivity contribution >= 4 is 6.08 Å². The van der Waals surface area contributed by atoms with Crippen molar-refractivity contribution in [3.05, 3.63) is 41.0 Å². The second-order valence-electron chi connectivity index (χ2n) is 9.32. The van der Waals surface area contributed by atoms with E-state index in [1.54, 1.807) is 11.1 Å². The molecule has 1 aromatic rings. The van der Waals surface area contributed by atoms with E-state index in [1.165, 1.54) is 102 Å². The minimum absolute atomic E-state index is 0.833. The first-order valence-corrected chi connectivity index (χ1v) is 11.7. The van der Waals surface area contributed by atoms with Gasteiger partial charge in [0.25, 0.3) is 0 Å². The van der Waals surface area contributed by atoms with Gasteiger partial charge in [-0.3, -0.25) is 0 Å². The average molecular weight is 351 g/mol. The molecule has 142 valence electrons. The van der Waals surface area contributed by atoms with Crippen molar-refractivity contribution in [2.75, 3.05) is 0 Å². The molecule has 4 rings (SSSR count). The van der Waals surface area contributed by atoms with Crippen LogP contribution in [0, 0.1) is 5.92 Å². The van der Waals surface area contributed by atoms with Crippen LogP contribution in [0.3, 0.4) is 0 Å². The average Bonchev–Trinajstić information content (AvgIpc) is 2.74. The van der Waals surface area contributed by atoms with Gasteiger partial charge in [0.15, 0.2) is 0 Å². The van der Waals surface area contributed by atoms with E-state index in [0.29, 0.717) is 0 Å². The molecule has 0 aliphatic heterocycles. The fraction of sp³-hybridized carbons (Fsp3) is 0.692. The maximum atomic E-state index is 2.60. The van der Waals surface area contributed by atoms with Crippen LogP contribution in [0.1, 0.15) is 125 Å². The molecule has 0 unspecified atom stereocenters. The molecule has 0 nitrogen and oxygen atoms in total. The largest absolute Gasteiger partial charge is 0.0808 e. The van der Waals surface area contributed by atoms with Crippen molar-refractivity contribution in [2.24, 2.45) is 5.92 Å². The lowest BCUT2D eigenvalue weighted by molar-refractivity contribution is 0.418. The van der Waals surface area contributed by atoms with Gasteiger partial charge < -0.3 is 0 Å². The van der Waals surface area contributed by atoms with Crippen LogP contribution in [0.25, 0.3) is 6.08 Å². The molecule has 26 heavy (non-hydrogen) atoms. The summed E-state index contributed by atoms with van der Waals surface area (Å²) in [5.74, 6) is 2.51. The molecule has 3 aliphatic carbocycles. The lowest BCUT2D eigenvalue weighted by atomic mass is 9.75. The highest BCUT2D eigenvalue weighted by Crippen LogP contribution is 2.41. The van der Waals surface area contributed by atoms with Crippen LogP contribution in [0.2, 0.25) is 0 Å². The van der Waals surface area contributed by atoms with E-state index in [4.69, 9.17) is 0 Å². The molecule has 3 aliphatic rings. The highest BCUT2D eigenvalue weighted by Gasteiger charge is 2.24. The molecule has 0 heterocycles. The monoisotopic (exact) mass is 350 g/mol. The van der Waals surface area contributed by atoms with E-state index in [-0.39, 0.29) is 0 Å². The number of hydrogen-bond donors (Lipinski definition) is 0. The Kier molecular flexibility index (Phi) is 6.52. The van der Waals surface area contributed by atoms with E-state index in [0.717, 1.165) is 17.8 Å². The summed E-state index contributed by atoms with van der Waals surface area (Å²) in [7, 11) is 0. The van der Waals surface area contributed by atoms with Gasteiger partial charge in [-0.15, -0.1) is 0 Å². The molecular formula is C26H38. The molecule has 0 amide bonds. The van der Waals surface area contributed by atoms with E-state index in [9.17, 15) is 0 Å². The van der Waals surface area contributed by atoms with Crippen LogP contribution in [-0.4, -0.2) is 0 Å². The quantitative estimate of drug-likeness (QED) is 0.511. The summed E-state index contributed by atoms with van der Waals surface area (Å²) in [5.41, 5.74) is 4.93. The van der Waals surface area contributed by atoms with Gasteiger partial charge >= 0.3 is 0 Å². The van der Waals surface area contributed by atoms with Crippen LogP contribution >= 0.6 is 0 Å². The molecule has 0 spiro atoms. The summed E-state index contributed by atoms with van der Waals surface area (Å²) in [5, 5.41) is 0. The number of benzene rings is 1. The Hall–Kier alpha value is -1.04. The topological polar surface area (TPSA) is 0 Å². The summed E-state index contributed by atoms with van der Waals surface area (Å²) in [4.78, 5) is 0. The molecule has 0 atom stereocenters. The predicted octanol–water partition coefficient (Wildman–Crippen LogP) is 8.38. The van der Waals surface area contributed by atoms with Crippen molar-refractivity contribution in [3.63, 3.8) is 0 Å². The Morgan fingerprint density at radius 1 is 0.577 bits per heavy atom. The van der Waals surface area contributed by atoms with Gasteiger partial charge in [-0.25, -0.2) is 0 Å². The summed E-state index contributed by atoms with van der Waals surface area (Å²) in [6.07, 6.45) is 26.5. The zero-order chi connectivity index (χ0) is 17.6. The highest BCUT2D eigenvalue weighted by atomic mass is 14.3. The number of allylic oxidation sites excluding steroid dienone is 1. The maximum absolute atomic E-state index is 2.60. The second-order valence-corrected chi connectivity index (χ2v) is 9.32. The molecule has 0 aromatic heterocycles. The normalized spacial score (nSPS) is 24.3. The SMILES string of the molecule is C(=CC1CCCCC1)c1ccc(C2CCCCC2)c(C2CCCCC2)c1. The molecule has 0 radical (unpaired) electrons. The predicted molar refractivity (Wildman–Crippen MR) is 114 cm³/mol. The molecule has 0 saturated heterocycles. The Bertz CT molecular complexity index is 578. The van der Waals surface area contributed by atoms with Gasteiger partial charge in [-0.2, -0.15) is 0 Å². The van der Waals surface area contributed by atoms with Crippen molar-refractivity contribution in [1.29, 1.82) is 0 Å². The van der Waals surface area contributed by atoms with Crippen LogP contribution in [0.4, 0.5) is 0 Å². The first kappa shape index (κ1) is 18.3. The zero-order valence-corrected chi connectivity index (χ0v) is 16.7. The minimum Gasteiger partial charge on any atom is -0.0808 e. The minimum atomic E-state index is 0.833. The third kappa shape index (κ3) is 4.62. The van der Waals surface area contributed by atoms with Crippen LogP contribution in [-0.2, 0) is 0 Å². The third-order valence-electron chi connectivity index (χ3n) is 7.41. The van der Waals surface area contributed by atoms with Gasteiger partial charge in [-0.05, 0) is 73.0 Å². The fourth-order valence-electron chi connectivity index (χ4n) is 5.82. The first-order valence-electron chi connectivity index (χ1n) is 11.7. The molecule has 1 aromatic carbocycles. The van der Waals surface area contributed by atoms with E-state index in [1.807, 2.05) is 0 Å². The third-order valence-corrected chi connectivity index (χ3v) is 7.41. The number of rotatable bonds is 4. The van der Waals surface area contributed by atoms with Crippen LogP contribution in [0.5, 0.6) is 0 Å². The maximum Gasteiger partial charge on any atom is -0.0159 e.